The maximum Gasteiger partial charge on any atom is 0.158 e. The van der Waals surface area contributed by atoms with Crippen LogP contribution in [0.1, 0.15) is 102 Å². The number of ether oxygens (including phenoxy) is 6. The van der Waals surface area contributed by atoms with E-state index < -0.39 is 0 Å². The van der Waals surface area contributed by atoms with Crippen molar-refractivity contribution in [3.63, 3.8) is 0 Å². The van der Waals surface area contributed by atoms with Crippen LogP contribution in [-0.4, -0.2) is 68.7 Å². The molecule has 45 heavy (non-hydrogen) atoms. The first-order valence-corrected chi connectivity index (χ1v) is 18.1. The number of aliphatic hydroxyl groups is 1. The average molecular weight is 627 g/mol. The molecule has 5 rings (SSSR count). The van der Waals surface area contributed by atoms with Crippen molar-refractivity contribution in [1.82, 2.24) is 0 Å². The molecule has 4 aliphatic rings. The third-order valence-electron chi connectivity index (χ3n) is 9.72. The molecule has 0 bridgehead atoms. The Hall–Kier alpha value is -1.58. The van der Waals surface area contributed by atoms with Crippen molar-refractivity contribution in [3.05, 3.63) is 60.2 Å². The smallest absolute Gasteiger partial charge is 0.158 e. The molecule has 1 saturated carbocycles. The zero-order valence-corrected chi connectivity index (χ0v) is 27.4. The zero-order valence-electron chi connectivity index (χ0n) is 27.4. The molecule has 3 unspecified atom stereocenters. The van der Waals surface area contributed by atoms with Crippen molar-refractivity contribution < 1.29 is 33.5 Å². The van der Waals surface area contributed by atoms with Gasteiger partial charge in [0, 0.05) is 38.8 Å². The molecule has 0 spiro atoms. The van der Waals surface area contributed by atoms with Crippen LogP contribution in [0.15, 0.2) is 54.6 Å². The van der Waals surface area contributed by atoms with E-state index >= 15 is 0 Å². The molecule has 3 saturated heterocycles. The molecule has 3 heterocycles. The number of unbranched alkanes of at least 4 members (excludes halogenated alkanes) is 2. The predicted octanol–water partition coefficient (Wildman–Crippen LogP) is 7.66. The molecule has 4 fully saturated rings. The molecule has 7 heteroatoms. The fourth-order valence-corrected chi connectivity index (χ4v) is 7.16. The van der Waals surface area contributed by atoms with Crippen LogP contribution in [0.5, 0.6) is 0 Å². The van der Waals surface area contributed by atoms with Crippen molar-refractivity contribution >= 4 is 0 Å². The van der Waals surface area contributed by atoms with Gasteiger partial charge >= 0.3 is 0 Å². The maximum atomic E-state index is 9.19. The summed E-state index contributed by atoms with van der Waals surface area (Å²) >= 11 is 0. The van der Waals surface area contributed by atoms with E-state index in [1.165, 1.54) is 5.56 Å². The van der Waals surface area contributed by atoms with Gasteiger partial charge in [0.2, 0.25) is 0 Å². The minimum atomic E-state index is -0.153. The summed E-state index contributed by atoms with van der Waals surface area (Å²) in [6.45, 7) is 2.57. The molecule has 0 radical (unpaired) electrons. The lowest BCUT2D eigenvalue weighted by Crippen LogP contribution is -2.31. The van der Waals surface area contributed by atoms with Gasteiger partial charge in [-0.25, -0.2) is 0 Å². The first kappa shape index (κ1) is 34.7. The van der Waals surface area contributed by atoms with Crippen molar-refractivity contribution in [3.8, 4) is 0 Å². The number of aliphatic hydroxyl groups excluding tert-OH is 1. The number of rotatable bonds is 17. The third kappa shape index (κ3) is 11.9. The zero-order chi connectivity index (χ0) is 30.9. The summed E-state index contributed by atoms with van der Waals surface area (Å²) in [5, 5.41) is 9.19. The largest absolute Gasteiger partial charge is 0.396 e. The van der Waals surface area contributed by atoms with Crippen LogP contribution in [0.3, 0.4) is 0 Å². The molecule has 1 aliphatic carbocycles. The quantitative estimate of drug-likeness (QED) is 0.141. The van der Waals surface area contributed by atoms with E-state index in [1.54, 1.807) is 0 Å². The lowest BCUT2D eigenvalue weighted by atomic mass is 9.89. The number of benzene rings is 1. The van der Waals surface area contributed by atoms with E-state index in [-0.39, 0.29) is 55.6 Å². The molecule has 0 amide bonds. The van der Waals surface area contributed by atoms with Crippen molar-refractivity contribution in [2.45, 2.75) is 140 Å². The average Bonchev–Trinajstić information content (AvgIpc) is 3.40. The molecule has 3 aliphatic heterocycles. The molecule has 1 N–H and O–H groups in total. The lowest BCUT2D eigenvalue weighted by molar-refractivity contribution is -0.203. The lowest BCUT2D eigenvalue weighted by Gasteiger charge is -2.30. The van der Waals surface area contributed by atoms with Crippen molar-refractivity contribution in [2.75, 3.05) is 26.4 Å². The minimum absolute atomic E-state index is 0.00596. The fourth-order valence-electron chi connectivity index (χ4n) is 7.16. The Balaban J connectivity index is 1.34. The first-order chi connectivity index (χ1) is 22.3. The van der Waals surface area contributed by atoms with Crippen LogP contribution >= 0.6 is 0 Å². The van der Waals surface area contributed by atoms with Gasteiger partial charge in [0.05, 0.1) is 18.3 Å². The van der Waals surface area contributed by atoms with Gasteiger partial charge in [-0.2, -0.15) is 0 Å². The van der Waals surface area contributed by atoms with Crippen LogP contribution < -0.4 is 0 Å². The van der Waals surface area contributed by atoms with E-state index in [9.17, 15) is 5.11 Å². The number of hydrogen-bond donors (Lipinski definition) is 1. The van der Waals surface area contributed by atoms with Crippen LogP contribution in [0, 0.1) is 11.8 Å². The highest BCUT2D eigenvalue weighted by Gasteiger charge is 2.45. The molecule has 7 nitrogen and oxygen atoms in total. The van der Waals surface area contributed by atoms with Crippen LogP contribution in [0.2, 0.25) is 0 Å². The summed E-state index contributed by atoms with van der Waals surface area (Å²) < 4.78 is 38.3. The van der Waals surface area contributed by atoms with Crippen LogP contribution in [-0.2, 0) is 34.8 Å². The molecule has 1 aromatic rings. The second-order valence-electron chi connectivity index (χ2n) is 13.2. The Morgan fingerprint density at radius 3 is 2.09 bits per heavy atom. The van der Waals surface area contributed by atoms with Gasteiger partial charge < -0.3 is 33.5 Å². The Kier molecular flexibility index (Phi) is 15.4. The summed E-state index contributed by atoms with van der Waals surface area (Å²) in [4.78, 5) is 0. The van der Waals surface area contributed by atoms with Gasteiger partial charge in [-0.05, 0) is 108 Å². The van der Waals surface area contributed by atoms with E-state index in [2.05, 4.69) is 54.6 Å². The Morgan fingerprint density at radius 2 is 1.44 bits per heavy atom. The summed E-state index contributed by atoms with van der Waals surface area (Å²) in [5.41, 5.74) is 1.32. The highest BCUT2D eigenvalue weighted by Crippen LogP contribution is 2.42. The fraction of sp³-hybridized carbons (Fsp3) is 0.737. The van der Waals surface area contributed by atoms with Gasteiger partial charge in [0.15, 0.2) is 18.9 Å². The number of allylic oxidation sites excluding steroid dienone is 2. The van der Waals surface area contributed by atoms with Crippen LogP contribution in [0.25, 0.3) is 0 Å². The summed E-state index contributed by atoms with van der Waals surface area (Å²) in [7, 11) is 0. The van der Waals surface area contributed by atoms with Gasteiger partial charge in [0.1, 0.15) is 0 Å². The summed E-state index contributed by atoms with van der Waals surface area (Å²) in [5.74, 6) is 0.427. The topological polar surface area (TPSA) is 75.6 Å². The molecular formula is C38H58O7. The van der Waals surface area contributed by atoms with Crippen molar-refractivity contribution in [2.24, 2.45) is 11.8 Å². The monoisotopic (exact) mass is 626 g/mol. The molecule has 0 aromatic heterocycles. The van der Waals surface area contributed by atoms with Crippen molar-refractivity contribution in [1.29, 1.82) is 0 Å². The van der Waals surface area contributed by atoms with Gasteiger partial charge in [-0.1, -0.05) is 54.6 Å². The van der Waals surface area contributed by atoms with Crippen LogP contribution in [0.4, 0.5) is 0 Å². The van der Waals surface area contributed by atoms with Gasteiger partial charge in [-0.3, -0.25) is 0 Å². The normalized spacial score (nSPS) is 32.0. The minimum Gasteiger partial charge on any atom is -0.396 e. The molecule has 252 valence electrons. The SMILES string of the molecule is OCCCC/C=C\C[C@@H]1[C@@H](/C=C/C(CCc2ccccc2)O[C@H]2CCCCO2)[C@H](OC2CCCCO2)C[C@@H]1OC1CCCCO1. The third-order valence-corrected chi connectivity index (χ3v) is 9.72. The Morgan fingerprint density at radius 1 is 0.778 bits per heavy atom. The second kappa shape index (κ2) is 19.9. The van der Waals surface area contributed by atoms with E-state index in [4.69, 9.17) is 28.4 Å². The van der Waals surface area contributed by atoms with E-state index in [1.807, 2.05) is 0 Å². The maximum absolute atomic E-state index is 9.19. The Labute approximate surface area is 271 Å². The summed E-state index contributed by atoms with van der Waals surface area (Å²) in [6.07, 6.45) is 24.9. The first-order valence-electron chi connectivity index (χ1n) is 18.1. The van der Waals surface area contributed by atoms with Gasteiger partial charge in [0.25, 0.3) is 0 Å². The van der Waals surface area contributed by atoms with Gasteiger partial charge in [-0.15, -0.1) is 0 Å². The Bertz CT molecular complexity index is 966. The van der Waals surface area contributed by atoms with E-state index in [0.717, 1.165) is 123 Å². The molecule has 1 aromatic carbocycles. The summed E-state index contributed by atoms with van der Waals surface area (Å²) in [6, 6.07) is 10.7. The standard InChI is InChI=1S/C38H58O7/c39-25-11-3-1-2-7-17-32-33(24-23-31(43-36-18-8-12-26-40-36)22-21-30-15-5-4-6-16-30)35(45-38-20-10-14-28-42-38)29-34(32)44-37-19-9-13-27-41-37/h2,4-7,15-16,23-24,31-39H,1,3,8-14,17-22,25-29H2/b7-2-,24-23+/t31?,32-,33-,34+,35-,36+,37?,38?/m1/s1. The second-order valence-corrected chi connectivity index (χ2v) is 13.2. The highest BCUT2D eigenvalue weighted by molar-refractivity contribution is 5.15. The number of hydrogen-bond acceptors (Lipinski definition) is 7. The molecular weight excluding hydrogens is 568 g/mol. The predicted molar refractivity (Wildman–Crippen MR) is 176 cm³/mol. The highest BCUT2D eigenvalue weighted by atomic mass is 16.7. The number of aryl methyl sites for hydroxylation is 1. The molecule has 8 atom stereocenters. The van der Waals surface area contributed by atoms with E-state index in [0.29, 0.717) is 0 Å².